The molecule has 0 saturated carbocycles. The molecule has 2 aliphatic rings. The van der Waals surface area contributed by atoms with Gasteiger partial charge in [0.2, 0.25) is 0 Å². The van der Waals surface area contributed by atoms with Crippen molar-refractivity contribution in [3.8, 4) is 0 Å². The van der Waals surface area contributed by atoms with E-state index in [1.54, 1.807) is 11.3 Å². The maximum Gasteiger partial charge on any atom is 0.326 e. The summed E-state index contributed by atoms with van der Waals surface area (Å²) in [6.45, 7) is 4.21. The molecule has 2 aromatic heterocycles. The highest BCUT2D eigenvalue weighted by Gasteiger charge is 2.32. The molecule has 9 heteroatoms. The van der Waals surface area contributed by atoms with Gasteiger partial charge in [0, 0.05) is 22.6 Å². The van der Waals surface area contributed by atoms with Gasteiger partial charge in [-0.2, -0.15) is 0 Å². The van der Waals surface area contributed by atoms with Crippen molar-refractivity contribution in [3.63, 3.8) is 0 Å². The van der Waals surface area contributed by atoms with Gasteiger partial charge in [-0.3, -0.25) is 9.59 Å². The molecular weight excluding hydrogens is 518 g/mol. The van der Waals surface area contributed by atoms with Gasteiger partial charge in [-0.1, -0.05) is 25.1 Å². The number of ketones is 1. The minimum Gasteiger partial charge on any atom is -0.480 e. The molecule has 0 aliphatic carbocycles. The fourth-order valence-corrected chi connectivity index (χ4v) is 7.89. The molecule has 38 heavy (non-hydrogen) atoms. The summed E-state index contributed by atoms with van der Waals surface area (Å²) in [6, 6.07) is 10.6. The lowest BCUT2D eigenvalue weighted by Crippen LogP contribution is -2.45. The number of thiophene rings is 2. The Morgan fingerprint density at radius 3 is 2.68 bits per heavy atom. The Morgan fingerprint density at radius 1 is 1.16 bits per heavy atom. The number of carboxylic acid groups (broad SMARTS) is 1. The van der Waals surface area contributed by atoms with Crippen molar-refractivity contribution in [2.24, 2.45) is 10.9 Å². The molecule has 7 nitrogen and oxygen atoms in total. The molecule has 2 unspecified atom stereocenters. The van der Waals surface area contributed by atoms with Crippen LogP contribution in [0.2, 0.25) is 0 Å². The Kier molecular flexibility index (Phi) is 8.35. The van der Waals surface area contributed by atoms with Crippen LogP contribution in [0.25, 0.3) is 9.40 Å². The summed E-state index contributed by atoms with van der Waals surface area (Å²) >= 11 is 3.24. The van der Waals surface area contributed by atoms with Gasteiger partial charge in [-0.05, 0) is 81.3 Å². The Bertz CT molecular complexity index is 1340. The van der Waals surface area contributed by atoms with E-state index in [0.29, 0.717) is 17.0 Å². The number of nitrogens with zero attached hydrogens (tertiary/aromatic N) is 1. The molecule has 4 heterocycles. The highest BCUT2D eigenvalue weighted by molar-refractivity contribution is 7.39. The second-order valence-corrected chi connectivity index (χ2v) is 12.6. The molecule has 0 spiro atoms. The lowest BCUT2D eigenvalue weighted by Gasteiger charge is -2.22. The van der Waals surface area contributed by atoms with Gasteiger partial charge in [-0.15, -0.1) is 22.7 Å². The van der Waals surface area contributed by atoms with Crippen LogP contribution >= 0.6 is 22.7 Å². The van der Waals surface area contributed by atoms with Crippen LogP contribution in [0, 0.1) is 5.92 Å². The molecule has 1 amide bonds. The van der Waals surface area contributed by atoms with Crippen LogP contribution in [0.1, 0.15) is 71.5 Å². The molecule has 2 atom stereocenters. The number of nitrogens with one attached hydrogen (secondary N) is 2. The minimum atomic E-state index is -1.15. The molecule has 3 aromatic rings. The van der Waals surface area contributed by atoms with Crippen molar-refractivity contribution in [2.45, 2.75) is 63.8 Å². The molecular formula is C29H33N3O4S2. The number of piperidine rings is 1. The number of amides is 1. The molecule has 5 rings (SSSR count). The molecule has 2 aliphatic heterocycles. The number of Topliss-reactive ketones (excluding diaryl/α,β-unsaturated/α-hetero) is 1. The number of rotatable bonds is 11. The van der Waals surface area contributed by atoms with Crippen molar-refractivity contribution in [1.82, 2.24) is 10.6 Å². The fraction of sp³-hybridized carbons (Fsp3) is 0.448. The smallest absolute Gasteiger partial charge is 0.326 e. The van der Waals surface area contributed by atoms with Crippen LogP contribution in [0.4, 0.5) is 5.69 Å². The van der Waals surface area contributed by atoms with Gasteiger partial charge in [0.15, 0.2) is 5.78 Å². The Labute approximate surface area is 230 Å². The molecule has 0 radical (unpaired) electrons. The van der Waals surface area contributed by atoms with E-state index in [9.17, 15) is 19.5 Å². The first kappa shape index (κ1) is 26.7. The number of aryl methyl sites for hydroxylation is 1. The standard InChI is InChI=1S/C29H33N3O4S2/c1-2-20-21-5-3-4-6-22(21)31-26(20)27(34)32-23(28(35)36)9-10-24(33)25-16-18-15-19(37-29(18)38-25)8-7-17-11-13-30-14-12-17/h3-6,15-17,20,23,30H,2,7-14H2,1H3,(H,32,34)(H,35,36). The third-order valence-electron chi connectivity index (χ3n) is 7.59. The summed E-state index contributed by atoms with van der Waals surface area (Å²) in [5.41, 5.74) is 2.06. The fourth-order valence-electron chi connectivity index (χ4n) is 5.42. The highest BCUT2D eigenvalue weighted by atomic mass is 32.2. The molecule has 200 valence electrons. The zero-order chi connectivity index (χ0) is 26.6. The summed E-state index contributed by atoms with van der Waals surface area (Å²) in [5.74, 6) is -1.10. The van der Waals surface area contributed by atoms with Gasteiger partial charge in [-0.25, -0.2) is 9.79 Å². The van der Waals surface area contributed by atoms with E-state index in [1.807, 2.05) is 37.3 Å². The van der Waals surface area contributed by atoms with Gasteiger partial charge in [0.25, 0.3) is 5.91 Å². The topological polar surface area (TPSA) is 108 Å². The SMILES string of the molecule is CCC1C(C(=O)NC(CCC(=O)c2cc3cc(CCC4CCNCC4)sc3s2)C(=O)O)=Nc2ccccc21. The largest absolute Gasteiger partial charge is 0.480 e. The number of aliphatic carboxylic acids is 1. The van der Waals surface area contributed by atoms with Gasteiger partial charge in [0.1, 0.15) is 11.8 Å². The number of hydrogen-bond donors (Lipinski definition) is 3. The average Bonchev–Trinajstić information content (AvgIpc) is 3.61. The number of carbonyl (C=O) groups excluding carboxylic acids is 2. The summed E-state index contributed by atoms with van der Waals surface area (Å²) in [5, 5.41) is 16.9. The van der Waals surface area contributed by atoms with E-state index in [1.165, 1.54) is 35.5 Å². The second-order valence-electron chi connectivity index (χ2n) is 10.1. The van der Waals surface area contributed by atoms with Gasteiger partial charge < -0.3 is 15.7 Å². The van der Waals surface area contributed by atoms with Gasteiger partial charge in [0.05, 0.1) is 14.6 Å². The van der Waals surface area contributed by atoms with E-state index in [-0.39, 0.29) is 24.5 Å². The number of hydrogen-bond acceptors (Lipinski definition) is 7. The van der Waals surface area contributed by atoms with E-state index < -0.39 is 17.9 Å². The third kappa shape index (κ3) is 5.90. The Morgan fingerprint density at radius 2 is 1.95 bits per heavy atom. The minimum absolute atomic E-state index is 0.0317. The second kappa shape index (κ2) is 11.9. The summed E-state index contributed by atoms with van der Waals surface area (Å²) < 4.78 is 1.14. The highest BCUT2D eigenvalue weighted by Crippen LogP contribution is 2.38. The van der Waals surface area contributed by atoms with Gasteiger partial charge >= 0.3 is 5.97 Å². The summed E-state index contributed by atoms with van der Waals surface area (Å²) in [4.78, 5) is 44.3. The van der Waals surface area contributed by atoms with Crippen LogP contribution in [0.3, 0.4) is 0 Å². The predicted octanol–water partition coefficient (Wildman–Crippen LogP) is 5.71. The first-order chi connectivity index (χ1) is 18.4. The van der Waals surface area contributed by atoms with E-state index in [4.69, 9.17) is 0 Å². The van der Waals surface area contributed by atoms with E-state index >= 15 is 0 Å². The molecule has 1 fully saturated rings. The van der Waals surface area contributed by atoms with Crippen LogP contribution in [0.5, 0.6) is 0 Å². The zero-order valence-electron chi connectivity index (χ0n) is 21.5. The number of carbonyl (C=O) groups is 3. The van der Waals surface area contributed by atoms with Crippen LogP contribution < -0.4 is 10.6 Å². The quantitative estimate of drug-likeness (QED) is 0.265. The lowest BCUT2D eigenvalue weighted by molar-refractivity contribution is -0.141. The number of para-hydroxylation sites is 1. The molecule has 1 saturated heterocycles. The number of aliphatic imine (C=N–C) groups is 1. The van der Waals surface area contributed by atoms with Crippen LogP contribution in [-0.4, -0.2) is 47.6 Å². The number of carboxylic acids is 1. The lowest BCUT2D eigenvalue weighted by atomic mass is 9.92. The first-order valence-corrected chi connectivity index (χ1v) is 15.0. The van der Waals surface area contributed by atoms with Crippen molar-refractivity contribution >= 4 is 61.1 Å². The van der Waals surface area contributed by atoms with Crippen LogP contribution in [-0.2, 0) is 16.0 Å². The van der Waals surface area contributed by atoms with E-state index in [2.05, 4.69) is 21.7 Å². The van der Waals surface area contributed by atoms with Crippen molar-refractivity contribution < 1.29 is 19.5 Å². The predicted molar refractivity (Wildman–Crippen MR) is 153 cm³/mol. The van der Waals surface area contributed by atoms with Crippen LogP contribution in [0.15, 0.2) is 41.4 Å². The van der Waals surface area contributed by atoms with E-state index in [0.717, 1.165) is 46.1 Å². The maximum absolute atomic E-state index is 13.0. The first-order valence-electron chi connectivity index (χ1n) is 13.4. The molecule has 0 bridgehead atoms. The molecule has 3 N–H and O–H groups in total. The Hall–Kier alpha value is -2.88. The Balaban J connectivity index is 1.16. The summed E-state index contributed by atoms with van der Waals surface area (Å²) in [6.07, 6.45) is 5.56. The third-order valence-corrected chi connectivity index (χ3v) is 10.1. The monoisotopic (exact) mass is 551 g/mol. The molecule has 1 aromatic carbocycles. The zero-order valence-corrected chi connectivity index (χ0v) is 23.1. The number of fused-ring (bicyclic) bond motifs is 2. The number of benzene rings is 1. The maximum atomic E-state index is 13.0. The van der Waals surface area contributed by atoms with Crippen molar-refractivity contribution in [2.75, 3.05) is 13.1 Å². The normalized spacial score (nSPS) is 18.2. The summed E-state index contributed by atoms with van der Waals surface area (Å²) in [7, 11) is 0. The van der Waals surface area contributed by atoms with Crippen molar-refractivity contribution in [1.29, 1.82) is 0 Å². The average molecular weight is 552 g/mol. The van der Waals surface area contributed by atoms with Crippen molar-refractivity contribution in [3.05, 3.63) is 51.7 Å².